The quantitative estimate of drug-likeness (QED) is 0.769. The Morgan fingerprint density at radius 2 is 2.05 bits per heavy atom. The maximum Gasteiger partial charge on any atom is 0.134 e. The smallest absolute Gasteiger partial charge is 0.134 e. The second-order valence-electron chi connectivity index (χ2n) is 5.12. The average molecular weight is 264 g/mol. The lowest BCUT2D eigenvalue weighted by atomic mass is 9.75. The minimum atomic E-state index is -0.515. The van der Waals surface area contributed by atoms with Crippen molar-refractivity contribution in [1.82, 2.24) is 0 Å². The third-order valence-corrected chi connectivity index (χ3v) is 3.89. The van der Waals surface area contributed by atoms with E-state index in [9.17, 15) is 10.2 Å². The summed E-state index contributed by atoms with van der Waals surface area (Å²) in [4.78, 5) is 0. The lowest BCUT2D eigenvalue weighted by Crippen LogP contribution is -2.34. The molecule has 0 saturated carbocycles. The van der Waals surface area contributed by atoms with Crippen LogP contribution in [0.3, 0.4) is 0 Å². The first-order valence-corrected chi connectivity index (χ1v) is 6.72. The van der Waals surface area contributed by atoms with E-state index < -0.39 is 11.5 Å². The Kier molecular flexibility index (Phi) is 5.01. The molecular formula is C16H24O3. The van der Waals surface area contributed by atoms with Crippen LogP contribution in [-0.2, 0) is 5.41 Å². The highest BCUT2D eigenvalue weighted by molar-refractivity contribution is 5.45. The molecule has 1 aromatic rings. The third-order valence-electron chi connectivity index (χ3n) is 3.89. The fourth-order valence-electron chi connectivity index (χ4n) is 2.01. The van der Waals surface area contributed by atoms with Gasteiger partial charge in [-0.3, -0.25) is 0 Å². The molecule has 0 aromatic heterocycles. The average Bonchev–Trinajstić information content (AvgIpc) is 2.37. The van der Waals surface area contributed by atoms with Crippen molar-refractivity contribution >= 4 is 0 Å². The molecule has 0 fully saturated rings. The summed E-state index contributed by atoms with van der Waals surface area (Å²) in [5.41, 5.74) is 0.467. The van der Waals surface area contributed by atoms with Crippen molar-refractivity contribution in [2.75, 3.05) is 0 Å². The number of phenolic OH excluding ortho intramolecular Hbond substituents is 1. The number of hydrogen-bond donors (Lipinski definition) is 2. The molecular weight excluding hydrogens is 240 g/mol. The Morgan fingerprint density at radius 3 is 2.53 bits per heavy atom. The van der Waals surface area contributed by atoms with Gasteiger partial charge in [-0.2, -0.15) is 0 Å². The van der Waals surface area contributed by atoms with Gasteiger partial charge >= 0.3 is 0 Å². The first kappa shape index (κ1) is 15.6. The highest BCUT2D eigenvalue weighted by atomic mass is 16.5. The van der Waals surface area contributed by atoms with Crippen molar-refractivity contribution in [3.63, 3.8) is 0 Å². The summed E-state index contributed by atoms with van der Waals surface area (Å²) in [7, 11) is 0. The van der Waals surface area contributed by atoms with Gasteiger partial charge in [-0.15, -0.1) is 0 Å². The molecule has 2 atom stereocenters. The highest BCUT2D eigenvalue weighted by Crippen LogP contribution is 2.39. The fraction of sp³-hybridized carbons (Fsp3) is 0.500. The van der Waals surface area contributed by atoms with Crippen molar-refractivity contribution in [3.05, 3.63) is 36.1 Å². The van der Waals surface area contributed by atoms with Gasteiger partial charge in [0.15, 0.2) is 0 Å². The molecule has 0 saturated heterocycles. The number of aliphatic hydroxyl groups excluding tert-OH is 1. The molecule has 0 amide bonds. The SMILES string of the molecule is C=C(CC)Oc1cc(O)ccc1[C@](C)(CC)C(C)O. The monoisotopic (exact) mass is 264 g/mol. The van der Waals surface area contributed by atoms with Crippen molar-refractivity contribution in [3.8, 4) is 11.5 Å². The Balaban J connectivity index is 3.30. The van der Waals surface area contributed by atoms with Crippen molar-refractivity contribution < 1.29 is 14.9 Å². The second kappa shape index (κ2) is 6.11. The number of ether oxygens (including phenoxy) is 1. The van der Waals surface area contributed by atoms with E-state index in [1.165, 1.54) is 0 Å². The van der Waals surface area contributed by atoms with Gasteiger partial charge in [0.2, 0.25) is 0 Å². The number of hydrogen-bond acceptors (Lipinski definition) is 3. The summed E-state index contributed by atoms with van der Waals surface area (Å²) in [6.45, 7) is 11.6. The first-order chi connectivity index (χ1) is 8.85. The Morgan fingerprint density at radius 1 is 1.42 bits per heavy atom. The molecule has 2 N–H and O–H groups in total. The van der Waals surface area contributed by atoms with Gasteiger partial charge in [0, 0.05) is 23.5 Å². The van der Waals surface area contributed by atoms with E-state index in [0.717, 1.165) is 12.0 Å². The molecule has 3 nitrogen and oxygen atoms in total. The summed E-state index contributed by atoms with van der Waals surface area (Å²) in [6, 6.07) is 5.00. The van der Waals surface area contributed by atoms with E-state index in [2.05, 4.69) is 6.58 Å². The summed E-state index contributed by atoms with van der Waals surface area (Å²) >= 11 is 0. The van der Waals surface area contributed by atoms with Crippen LogP contribution in [0.4, 0.5) is 0 Å². The highest BCUT2D eigenvalue weighted by Gasteiger charge is 2.33. The third kappa shape index (κ3) is 3.29. The van der Waals surface area contributed by atoms with E-state index in [1.807, 2.05) is 26.8 Å². The van der Waals surface area contributed by atoms with Crippen LogP contribution in [0.1, 0.15) is 46.1 Å². The molecule has 0 spiro atoms. The van der Waals surface area contributed by atoms with E-state index in [1.54, 1.807) is 19.1 Å². The van der Waals surface area contributed by atoms with E-state index >= 15 is 0 Å². The molecule has 106 valence electrons. The van der Waals surface area contributed by atoms with Crippen LogP contribution in [0.25, 0.3) is 0 Å². The zero-order chi connectivity index (χ0) is 14.6. The number of phenols is 1. The molecule has 3 heteroatoms. The molecule has 1 aromatic carbocycles. The van der Waals surface area contributed by atoms with E-state index in [-0.39, 0.29) is 5.75 Å². The Labute approximate surface area is 115 Å². The molecule has 0 aliphatic heterocycles. The van der Waals surface area contributed by atoms with Crippen LogP contribution in [0.15, 0.2) is 30.5 Å². The maximum atomic E-state index is 10.1. The minimum absolute atomic E-state index is 0.145. The van der Waals surface area contributed by atoms with Crippen LogP contribution < -0.4 is 4.74 Å². The first-order valence-electron chi connectivity index (χ1n) is 6.72. The zero-order valence-corrected chi connectivity index (χ0v) is 12.2. The van der Waals surface area contributed by atoms with Crippen LogP contribution >= 0.6 is 0 Å². The second-order valence-corrected chi connectivity index (χ2v) is 5.12. The molecule has 0 bridgehead atoms. The molecule has 0 aliphatic rings. The summed E-state index contributed by atoms with van der Waals surface area (Å²) in [5, 5.41) is 19.7. The Bertz CT molecular complexity index is 451. The lowest BCUT2D eigenvalue weighted by molar-refractivity contribution is 0.102. The maximum absolute atomic E-state index is 10.1. The number of allylic oxidation sites excluding steroid dienone is 1. The molecule has 0 radical (unpaired) electrons. The Hall–Kier alpha value is -1.48. The molecule has 0 aliphatic carbocycles. The zero-order valence-electron chi connectivity index (χ0n) is 12.2. The van der Waals surface area contributed by atoms with Gasteiger partial charge in [0.25, 0.3) is 0 Å². The van der Waals surface area contributed by atoms with Gasteiger partial charge in [0.05, 0.1) is 11.9 Å². The summed E-state index contributed by atoms with van der Waals surface area (Å²) in [5.74, 6) is 1.35. The van der Waals surface area contributed by atoms with E-state index in [4.69, 9.17) is 4.74 Å². The predicted octanol–water partition coefficient (Wildman–Crippen LogP) is 3.74. The standard InChI is InChI=1S/C16H24O3/c1-6-11(3)19-15-10-13(18)8-9-14(15)16(5,7-2)12(4)17/h8-10,12,17-18H,3,6-7H2,1-2,4-5H3/t12?,16-/m1/s1. The van der Waals surface area contributed by atoms with Crippen LogP contribution in [-0.4, -0.2) is 16.3 Å². The van der Waals surface area contributed by atoms with Gasteiger partial charge in [-0.1, -0.05) is 33.4 Å². The molecule has 19 heavy (non-hydrogen) atoms. The van der Waals surface area contributed by atoms with Crippen molar-refractivity contribution in [2.24, 2.45) is 0 Å². The van der Waals surface area contributed by atoms with Gasteiger partial charge in [-0.25, -0.2) is 0 Å². The normalized spacial score (nSPS) is 15.6. The summed E-state index contributed by atoms with van der Waals surface area (Å²) < 4.78 is 5.71. The molecule has 0 heterocycles. The fourth-order valence-corrected chi connectivity index (χ4v) is 2.01. The van der Waals surface area contributed by atoms with Crippen molar-refractivity contribution in [1.29, 1.82) is 0 Å². The van der Waals surface area contributed by atoms with Crippen LogP contribution in [0.2, 0.25) is 0 Å². The summed E-state index contributed by atoms with van der Waals surface area (Å²) in [6.07, 6.45) is 0.955. The number of rotatable bonds is 6. The largest absolute Gasteiger partial charge is 0.508 e. The van der Waals surface area contributed by atoms with Gasteiger partial charge < -0.3 is 14.9 Å². The van der Waals surface area contributed by atoms with Crippen LogP contribution in [0, 0.1) is 0 Å². The van der Waals surface area contributed by atoms with Crippen LogP contribution in [0.5, 0.6) is 11.5 Å². The lowest BCUT2D eigenvalue weighted by Gasteiger charge is -2.33. The topological polar surface area (TPSA) is 49.7 Å². The molecule has 1 rings (SSSR count). The predicted molar refractivity (Wildman–Crippen MR) is 77.5 cm³/mol. The minimum Gasteiger partial charge on any atom is -0.508 e. The van der Waals surface area contributed by atoms with Crippen molar-refractivity contribution in [2.45, 2.75) is 52.1 Å². The van der Waals surface area contributed by atoms with Gasteiger partial charge in [0.1, 0.15) is 11.5 Å². The number of aliphatic hydroxyl groups is 1. The number of benzene rings is 1. The van der Waals surface area contributed by atoms with E-state index in [0.29, 0.717) is 17.9 Å². The van der Waals surface area contributed by atoms with Gasteiger partial charge in [-0.05, 0) is 19.4 Å². The number of aromatic hydroxyl groups is 1. The molecule has 1 unspecified atom stereocenters.